The molecule has 2 aliphatic heterocycles. The van der Waals surface area contributed by atoms with E-state index in [-0.39, 0.29) is 0 Å². The average molecular weight is 285 g/mol. The maximum Gasteiger partial charge on any atom is 0.309 e. The molecule has 2 rings (SSSR count). The van der Waals surface area contributed by atoms with Crippen LogP contribution in [0.5, 0.6) is 0 Å². The molecule has 0 aromatic carbocycles. The van der Waals surface area contributed by atoms with Gasteiger partial charge in [-0.25, -0.2) is 0 Å². The zero-order valence-corrected chi connectivity index (χ0v) is 12.3. The first kappa shape index (κ1) is 14.7. The van der Waals surface area contributed by atoms with E-state index in [1.54, 1.807) is 0 Å². The van der Waals surface area contributed by atoms with E-state index in [9.17, 15) is 9.59 Å². The van der Waals surface area contributed by atoms with Gasteiger partial charge in [0.15, 0.2) is 0 Å². The minimum atomic E-state index is -0.555. The first-order valence-corrected chi connectivity index (χ1v) is 8.18. The highest BCUT2D eigenvalue weighted by molar-refractivity contribution is 7.99. The minimum absolute atomic E-state index is 0.513. The normalized spacial score (nSPS) is 25.2. The van der Waals surface area contributed by atoms with Gasteiger partial charge in [-0.05, 0) is 44.0 Å². The topological polar surface area (TPSA) is 61.4 Å². The van der Waals surface area contributed by atoms with Crippen molar-refractivity contribution < 1.29 is 9.59 Å². The van der Waals surface area contributed by atoms with E-state index in [4.69, 9.17) is 0 Å². The predicted molar refractivity (Wildman–Crippen MR) is 77.1 cm³/mol. The van der Waals surface area contributed by atoms with Gasteiger partial charge in [-0.2, -0.15) is 11.8 Å². The van der Waals surface area contributed by atoms with E-state index >= 15 is 0 Å². The Kier molecular flexibility index (Phi) is 5.51. The lowest BCUT2D eigenvalue weighted by Gasteiger charge is -2.35. The fourth-order valence-corrected chi connectivity index (χ4v) is 4.02. The molecule has 2 saturated heterocycles. The molecule has 0 bridgehead atoms. The number of amides is 2. The molecule has 0 spiro atoms. The Morgan fingerprint density at radius 1 is 1.21 bits per heavy atom. The number of nitrogens with one attached hydrogen (secondary N) is 2. The van der Waals surface area contributed by atoms with E-state index in [0.717, 1.165) is 32.0 Å². The lowest BCUT2D eigenvalue weighted by atomic mass is 9.95. The summed E-state index contributed by atoms with van der Waals surface area (Å²) >= 11 is 2.05. The van der Waals surface area contributed by atoms with Gasteiger partial charge in [0.1, 0.15) is 0 Å². The third-order valence-electron chi connectivity index (χ3n) is 4.06. The Labute approximate surface area is 118 Å². The van der Waals surface area contributed by atoms with Gasteiger partial charge < -0.3 is 10.6 Å². The highest BCUT2D eigenvalue weighted by atomic mass is 32.2. The Balaban J connectivity index is 1.66. The number of likely N-dealkylation sites (N-methyl/N-ethyl adjacent to an activating group) is 1. The van der Waals surface area contributed by atoms with Crippen molar-refractivity contribution >= 4 is 23.6 Å². The summed E-state index contributed by atoms with van der Waals surface area (Å²) in [5, 5.41) is 5.05. The number of nitrogens with zero attached hydrogens (tertiary/aromatic N) is 1. The molecule has 2 N–H and O–H groups in total. The number of piperidine rings is 1. The molecule has 2 heterocycles. The summed E-state index contributed by atoms with van der Waals surface area (Å²) in [5.41, 5.74) is 0. The van der Waals surface area contributed by atoms with Crippen LogP contribution >= 0.6 is 11.8 Å². The van der Waals surface area contributed by atoms with Gasteiger partial charge in [0.25, 0.3) is 0 Å². The molecule has 0 radical (unpaired) electrons. The summed E-state index contributed by atoms with van der Waals surface area (Å²) in [7, 11) is 1.47. The molecular formula is C13H23N3O2S. The van der Waals surface area contributed by atoms with E-state index in [2.05, 4.69) is 27.3 Å². The molecule has 1 atom stereocenters. The third kappa shape index (κ3) is 4.11. The van der Waals surface area contributed by atoms with E-state index in [1.807, 2.05) is 0 Å². The first-order valence-electron chi connectivity index (χ1n) is 7.02. The molecule has 2 amide bonds. The Morgan fingerprint density at radius 3 is 2.53 bits per heavy atom. The fourth-order valence-electron chi connectivity index (χ4n) is 2.76. The summed E-state index contributed by atoms with van der Waals surface area (Å²) in [6, 6.07) is 0.770. The van der Waals surface area contributed by atoms with Gasteiger partial charge in [-0.1, -0.05) is 0 Å². The molecule has 6 heteroatoms. The van der Waals surface area contributed by atoms with Crippen molar-refractivity contribution in [2.45, 2.75) is 25.3 Å². The lowest BCUT2D eigenvalue weighted by molar-refractivity contribution is -0.139. The van der Waals surface area contributed by atoms with Gasteiger partial charge in [0.05, 0.1) is 0 Å². The predicted octanol–water partition coefficient (Wildman–Crippen LogP) is 0.0661. The van der Waals surface area contributed by atoms with Crippen LogP contribution in [0.25, 0.3) is 0 Å². The van der Waals surface area contributed by atoms with Gasteiger partial charge in [-0.15, -0.1) is 0 Å². The van der Waals surface area contributed by atoms with Crippen molar-refractivity contribution in [1.82, 2.24) is 15.5 Å². The summed E-state index contributed by atoms with van der Waals surface area (Å²) in [6.45, 7) is 2.89. The van der Waals surface area contributed by atoms with Crippen molar-refractivity contribution in [3.05, 3.63) is 0 Å². The summed E-state index contributed by atoms with van der Waals surface area (Å²) < 4.78 is 0. The molecule has 2 fully saturated rings. The molecule has 2 aliphatic rings. The van der Waals surface area contributed by atoms with Crippen LogP contribution in [0.4, 0.5) is 0 Å². The second kappa shape index (κ2) is 7.14. The van der Waals surface area contributed by atoms with Crippen molar-refractivity contribution in [2.24, 2.45) is 5.92 Å². The highest BCUT2D eigenvalue weighted by Crippen LogP contribution is 2.26. The highest BCUT2D eigenvalue weighted by Gasteiger charge is 2.27. The zero-order valence-electron chi connectivity index (χ0n) is 11.5. The quantitative estimate of drug-likeness (QED) is 0.720. The number of carbonyl (C=O) groups is 2. The fraction of sp³-hybridized carbons (Fsp3) is 0.846. The maximum absolute atomic E-state index is 11.4. The summed E-state index contributed by atoms with van der Waals surface area (Å²) in [5.74, 6) is 2.02. The monoisotopic (exact) mass is 285 g/mol. The molecule has 5 nitrogen and oxygen atoms in total. The number of thioether (sulfide) groups is 1. The van der Waals surface area contributed by atoms with Crippen LogP contribution in [-0.4, -0.2) is 60.9 Å². The van der Waals surface area contributed by atoms with Gasteiger partial charge in [-0.3, -0.25) is 14.5 Å². The number of likely N-dealkylation sites (tertiary alicyclic amines) is 1. The summed E-state index contributed by atoms with van der Waals surface area (Å²) in [4.78, 5) is 25.0. The minimum Gasteiger partial charge on any atom is -0.351 e. The number of hydrogen-bond acceptors (Lipinski definition) is 4. The third-order valence-corrected chi connectivity index (χ3v) is 5.20. The van der Waals surface area contributed by atoms with Crippen LogP contribution in [-0.2, 0) is 9.59 Å². The van der Waals surface area contributed by atoms with E-state index in [0.29, 0.717) is 12.5 Å². The number of rotatable bonds is 3. The van der Waals surface area contributed by atoms with E-state index < -0.39 is 11.8 Å². The largest absolute Gasteiger partial charge is 0.351 e. The number of hydrogen-bond donors (Lipinski definition) is 2. The van der Waals surface area contributed by atoms with Crippen LogP contribution < -0.4 is 10.6 Å². The van der Waals surface area contributed by atoms with Gasteiger partial charge in [0, 0.05) is 25.4 Å². The Hall–Kier alpha value is -0.750. The molecule has 0 aliphatic carbocycles. The van der Waals surface area contributed by atoms with Gasteiger partial charge >= 0.3 is 11.8 Å². The molecule has 19 heavy (non-hydrogen) atoms. The molecule has 0 aromatic rings. The van der Waals surface area contributed by atoms with Crippen molar-refractivity contribution in [3.63, 3.8) is 0 Å². The van der Waals surface area contributed by atoms with Crippen LogP contribution in [0.2, 0.25) is 0 Å². The lowest BCUT2D eigenvalue weighted by Crippen LogP contribution is -2.45. The van der Waals surface area contributed by atoms with Crippen LogP contribution in [0.1, 0.15) is 19.3 Å². The Morgan fingerprint density at radius 2 is 1.95 bits per heavy atom. The van der Waals surface area contributed by atoms with Crippen molar-refractivity contribution in [1.29, 1.82) is 0 Å². The van der Waals surface area contributed by atoms with Gasteiger partial charge in [0.2, 0.25) is 0 Å². The maximum atomic E-state index is 11.4. The SMILES string of the molecule is CNC(=O)C(=O)NCC1CCN([C@H]2CCSC2)CC1. The molecule has 108 valence electrons. The van der Waals surface area contributed by atoms with Crippen LogP contribution in [0.3, 0.4) is 0 Å². The molecule has 0 unspecified atom stereocenters. The Bertz CT molecular complexity index is 324. The zero-order chi connectivity index (χ0) is 13.7. The van der Waals surface area contributed by atoms with Crippen LogP contribution in [0, 0.1) is 5.92 Å². The molecule has 0 aromatic heterocycles. The second-order valence-corrected chi connectivity index (χ2v) is 6.44. The number of carbonyl (C=O) groups excluding carboxylic acids is 2. The average Bonchev–Trinajstić information content (AvgIpc) is 2.98. The standard InChI is InChI=1S/C13H23N3O2S/c1-14-12(17)13(18)15-8-10-2-5-16(6-3-10)11-4-7-19-9-11/h10-11H,2-9H2,1H3,(H,14,17)(H,15,18)/t11-/m0/s1. The van der Waals surface area contributed by atoms with Crippen molar-refractivity contribution in [3.8, 4) is 0 Å². The summed E-state index contributed by atoms with van der Waals surface area (Å²) in [6.07, 6.45) is 3.56. The van der Waals surface area contributed by atoms with Crippen LogP contribution in [0.15, 0.2) is 0 Å². The molecule has 0 saturated carbocycles. The first-order chi connectivity index (χ1) is 9.20. The smallest absolute Gasteiger partial charge is 0.309 e. The molecular weight excluding hydrogens is 262 g/mol. The van der Waals surface area contributed by atoms with E-state index in [1.165, 1.54) is 25.0 Å². The van der Waals surface area contributed by atoms with Crippen molar-refractivity contribution in [2.75, 3.05) is 38.2 Å². The second-order valence-electron chi connectivity index (χ2n) is 5.29.